The number of benzene rings is 4. The summed E-state index contributed by atoms with van der Waals surface area (Å²) in [6, 6.07) is 18.7. The Kier molecular flexibility index (Phi) is 6.04. The van der Waals surface area contributed by atoms with E-state index in [0.29, 0.717) is 10.9 Å². The number of fused-ring (bicyclic) bond motifs is 7. The van der Waals surface area contributed by atoms with E-state index < -0.39 is 11.6 Å². The molecule has 0 unspecified atom stereocenters. The molecule has 0 fully saturated rings. The maximum atomic E-state index is 14.8. The molecule has 7 rings (SSSR count). The van der Waals surface area contributed by atoms with Crippen LogP contribution in [0.4, 0.5) is 13.2 Å². The molecule has 5 heteroatoms. The molecule has 3 aromatic heterocycles. The molecule has 0 aliphatic heterocycles. The fourth-order valence-corrected chi connectivity index (χ4v) is 7.61. The van der Waals surface area contributed by atoms with Crippen LogP contribution in [0.3, 0.4) is 0 Å². The average Bonchev–Trinajstić information content (AvgIpc) is 3.28. The number of alkyl halides is 3. The van der Waals surface area contributed by atoms with Crippen molar-refractivity contribution in [2.75, 3.05) is 0 Å². The third-order valence-corrected chi connectivity index (χ3v) is 10.1. The summed E-state index contributed by atoms with van der Waals surface area (Å²) in [5.41, 5.74) is 5.93. The van der Waals surface area contributed by atoms with E-state index in [1.165, 1.54) is 46.7 Å². The number of aryl methyl sites for hydroxylation is 2. The van der Waals surface area contributed by atoms with Gasteiger partial charge >= 0.3 is 6.18 Å². The summed E-state index contributed by atoms with van der Waals surface area (Å²) in [6.45, 7) is 18.4. The Morgan fingerprint density at radius 1 is 0.733 bits per heavy atom. The van der Waals surface area contributed by atoms with Crippen LogP contribution >= 0.6 is 0 Å². The second-order valence-electron chi connectivity index (χ2n) is 15.9. The Balaban J connectivity index is 1.88. The van der Waals surface area contributed by atoms with Crippen LogP contribution in [0.25, 0.3) is 59.8 Å². The first kappa shape index (κ1) is 29.8. The molecule has 0 N–H and O–H groups in total. The van der Waals surface area contributed by atoms with Crippen molar-refractivity contribution < 1.29 is 17.7 Å². The lowest BCUT2D eigenvalue weighted by Crippen LogP contribution is -2.36. The number of hydrogen-bond acceptors (Lipinski definition) is 0. The SMILES string of the molecule is Cc1c2cc(C(C)(C)C)ccc2c(CC(C)(C)C)c2c1c1c3c(cc[n+]1C)cc(C(C)(C)C(F)(F)F)c1c4ccccc4n2c13. The lowest BCUT2D eigenvalue weighted by Gasteiger charge is -2.30. The van der Waals surface area contributed by atoms with Crippen molar-refractivity contribution in [1.29, 1.82) is 0 Å². The molecule has 0 atom stereocenters. The molecule has 0 spiro atoms. The van der Waals surface area contributed by atoms with Gasteiger partial charge in [-0.15, -0.1) is 0 Å². The van der Waals surface area contributed by atoms with Crippen LogP contribution in [0.5, 0.6) is 0 Å². The van der Waals surface area contributed by atoms with E-state index in [9.17, 15) is 13.2 Å². The van der Waals surface area contributed by atoms with Gasteiger partial charge in [0, 0.05) is 16.8 Å². The van der Waals surface area contributed by atoms with E-state index >= 15 is 0 Å². The number of rotatable bonds is 2. The smallest absolute Gasteiger partial charge is 0.307 e. The summed E-state index contributed by atoms with van der Waals surface area (Å²) in [5.74, 6) is 0. The van der Waals surface area contributed by atoms with Gasteiger partial charge < -0.3 is 4.40 Å². The topological polar surface area (TPSA) is 8.29 Å². The van der Waals surface area contributed by atoms with Gasteiger partial charge in [-0.3, -0.25) is 0 Å². The minimum Gasteiger partial charge on any atom is -0.307 e. The van der Waals surface area contributed by atoms with E-state index in [-0.39, 0.29) is 10.8 Å². The van der Waals surface area contributed by atoms with Crippen molar-refractivity contribution in [2.24, 2.45) is 12.5 Å². The Morgan fingerprint density at radius 3 is 2.07 bits per heavy atom. The molecule has 0 amide bonds. The Morgan fingerprint density at radius 2 is 1.42 bits per heavy atom. The molecule has 0 aliphatic carbocycles. The summed E-state index contributed by atoms with van der Waals surface area (Å²) in [5, 5.41) is 7.01. The van der Waals surface area contributed by atoms with Crippen molar-refractivity contribution in [2.45, 2.75) is 85.7 Å². The summed E-state index contributed by atoms with van der Waals surface area (Å²) in [6.07, 6.45) is -1.59. The van der Waals surface area contributed by atoms with Gasteiger partial charge in [0.25, 0.3) is 0 Å². The van der Waals surface area contributed by atoms with E-state index in [2.05, 4.69) is 88.7 Å². The molecule has 3 heterocycles. The van der Waals surface area contributed by atoms with Crippen molar-refractivity contribution in [1.82, 2.24) is 4.40 Å². The monoisotopic (exact) mass is 607 g/mol. The number of halogens is 3. The second kappa shape index (κ2) is 9.11. The first-order chi connectivity index (χ1) is 20.8. The van der Waals surface area contributed by atoms with Gasteiger partial charge in [-0.05, 0) is 88.6 Å². The van der Waals surface area contributed by atoms with E-state index in [1.807, 2.05) is 30.5 Å². The molecule has 7 aromatic rings. The van der Waals surface area contributed by atoms with Crippen LogP contribution in [0.15, 0.2) is 60.8 Å². The summed E-state index contributed by atoms with van der Waals surface area (Å²) in [7, 11) is 2.06. The highest BCUT2D eigenvalue weighted by molar-refractivity contribution is 6.29. The lowest BCUT2D eigenvalue weighted by molar-refractivity contribution is -0.643. The maximum Gasteiger partial charge on any atom is 0.397 e. The molecule has 2 nitrogen and oxygen atoms in total. The zero-order valence-corrected chi connectivity index (χ0v) is 28.0. The lowest BCUT2D eigenvalue weighted by atomic mass is 9.79. The normalized spacial score (nSPS) is 14.0. The first-order valence-electron chi connectivity index (χ1n) is 15.9. The van der Waals surface area contributed by atoms with Crippen LogP contribution in [0.1, 0.15) is 77.6 Å². The Labute approximate surface area is 262 Å². The molecular weight excluding hydrogens is 565 g/mol. The minimum absolute atomic E-state index is 0.0114. The zero-order valence-electron chi connectivity index (χ0n) is 28.0. The van der Waals surface area contributed by atoms with Crippen LogP contribution in [0.2, 0.25) is 0 Å². The standard InChI is InChI=1S/C40H42F3N2/c1-22-27-20-24(38(5,6)7)15-16-25(27)28(21-37(2,3)4)34-31(22)35-32-23(17-18-44(35)10)19-29(39(8,9)40(41,42)43)33-26-13-11-12-14-30(26)45(34)36(32)33/h11-20H,21H2,1-10H3/q+1. The third-order valence-electron chi connectivity index (χ3n) is 10.1. The van der Waals surface area contributed by atoms with Crippen molar-refractivity contribution in [3.05, 3.63) is 83.0 Å². The van der Waals surface area contributed by atoms with Crippen molar-refractivity contribution in [3.63, 3.8) is 0 Å². The maximum absolute atomic E-state index is 14.8. The van der Waals surface area contributed by atoms with E-state index in [0.717, 1.165) is 44.6 Å². The molecule has 45 heavy (non-hydrogen) atoms. The van der Waals surface area contributed by atoms with E-state index in [4.69, 9.17) is 0 Å². The van der Waals surface area contributed by atoms with Gasteiger partial charge in [-0.2, -0.15) is 13.2 Å². The quantitative estimate of drug-likeness (QED) is 0.105. The number of hydrogen-bond donors (Lipinski definition) is 0. The highest BCUT2D eigenvalue weighted by atomic mass is 19.4. The molecule has 0 saturated heterocycles. The molecular formula is C40H42F3N2+. The molecule has 0 radical (unpaired) electrons. The summed E-state index contributed by atoms with van der Waals surface area (Å²) >= 11 is 0. The highest BCUT2D eigenvalue weighted by Gasteiger charge is 2.50. The number of pyridine rings is 2. The average molecular weight is 608 g/mol. The van der Waals surface area contributed by atoms with Crippen LogP contribution in [-0.2, 0) is 24.3 Å². The fraction of sp³-hybridized carbons (Fsp3) is 0.375. The number of nitrogens with zero attached hydrogens (tertiary/aromatic N) is 2. The van der Waals surface area contributed by atoms with Crippen LogP contribution in [-0.4, -0.2) is 10.6 Å². The second-order valence-corrected chi connectivity index (χ2v) is 15.9. The van der Waals surface area contributed by atoms with Gasteiger partial charge in [0.05, 0.1) is 32.7 Å². The predicted octanol–water partition coefficient (Wildman–Crippen LogP) is 11.0. The van der Waals surface area contributed by atoms with Gasteiger partial charge in [-0.25, -0.2) is 4.57 Å². The third kappa shape index (κ3) is 4.11. The van der Waals surface area contributed by atoms with Gasteiger partial charge in [0.2, 0.25) is 5.52 Å². The number of aromatic nitrogens is 2. The first-order valence-corrected chi connectivity index (χ1v) is 15.9. The van der Waals surface area contributed by atoms with Crippen molar-refractivity contribution >= 4 is 59.8 Å². The molecule has 4 aromatic carbocycles. The Hall–Kier alpha value is -3.86. The molecule has 0 bridgehead atoms. The van der Waals surface area contributed by atoms with Crippen LogP contribution in [0, 0.1) is 12.3 Å². The number of para-hydroxylation sites is 1. The van der Waals surface area contributed by atoms with Crippen molar-refractivity contribution in [3.8, 4) is 0 Å². The van der Waals surface area contributed by atoms with Gasteiger partial charge in [0.1, 0.15) is 7.05 Å². The summed E-state index contributed by atoms with van der Waals surface area (Å²) < 4.78 is 49.0. The Bertz CT molecular complexity index is 2340. The molecule has 0 aliphatic rings. The van der Waals surface area contributed by atoms with Gasteiger partial charge in [-0.1, -0.05) is 77.9 Å². The zero-order chi connectivity index (χ0) is 32.6. The highest BCUT2D eigenvalue weighted by Crippen LogP contribution is 2.51. The molecule has 0 saturated carbocycles. The van der Waals surface area contributed by atoms with Crippen LogP contribution < -0.4 is 4.57 Å². The van der Waals surface area contributed by atoms with Gasteiger partial charge in [0.15, 0.2) is 6.20 Å². The van der Waals surface area contributed by atoms with E-state index in [1.54, 1.807) is 6.07 Å². The minimum atomic E-state index is -4.42. The largest absolute Gasteiger partial charge is 0.397 e. The predicted molar refractivity (Wildman–Crippen MR) is 183 cm³/mol. The fourth-order valence-electron chi connectivity index (χ4n) is 7.61. The molecule has 232 valence electrons. The summed E-state index contributed by atoms with van der Waals surface area (Å²) in [4.78, 5) is 0.